The lowest BCUT2D eigenvalue weighted by atomic mass is 10.2. The van der Waals surface area contributed by atoms with Crippen molar-refractivity contribution in [3.05, 3.63) is 33.4 Å². The first-order chi connectivity index (χ1) is 7.16. The van der Waals surface area contributed by atoms with E-state index in [0.29, 0.717) is 6.54 Å². The molecule has 0 bridgehead atoms. The smallest absolute Gasteiger partial charge is 0.253 e. The Morgan fingerprint density at radius 2 is 2.25 bits per heavy atom. The average Bonchev–Trinajstić information content (AvgIpc) is 2.64. The molecule has 0 aromatic heterocycles. The second kappa shape index (κ2) is 5.84. The fourth-order valence-electron chi connectivity index (χ4n) is 1.78. The molecule has 1 saturated heterocycles. The average molecular weight is 353 g/mol. The first-order valence-corrected chi connectivity index (χ1v) is 6.05. The van der Waals surface area contributed by atoms with E-state index in [-0.39, 0.29) is 24.4 Å². The van der Waals surface area contributed by atoms with Crippen LogP contribution in [0.15, 0.2) is 24.3 Å². The number of amides is 1. The quantitative estimate of drug-likeness (QED) is 0.785. The van der Waals surface area contributed by atoms with E-state index >= 15 is 0 Å². The monoisotopic (exact) mass is 352 g/mol. The van der Waals surface area contributed by atoms with Crippen molar-refractivity contribution in [3.63, 3.8) is 0 Å². The maximum absolute atomic E-state index is 12.0. The van der Waals surface area contributed by atoms with E-state index in [9.17, 15) is 4.79 Å². The van der Waals surface area contributed by atoms with Crippen molar-refractivity contribution in [2.75, 3.05) is 13.1 Å². The highest BCUT2D eigenvalue weighted by molar-refractivity contribution is 14.1. The summed E-state index contributed by atoms with van der Waals surface area (Å²) in [6, 6.07) is 7.80. The number of rotatable bonds is 1. The van der Waals surface area contributed by atoms with E-state index in [2.05, 4.69) is 22.6 Å². The van der Waals surface area contributed by atoms with Crippen LogP contribution >= 0.6 is 35.0 Å². The minimum Gasteiger partial charge on any atom is -0.337 e. The van der Waals surface area contributed by atoms with Crippen LogP contribution in [0.1, 0.15) is 16.8 Å². The van der Waals surface area contributed by atoms with Crippen molar-refractivity contribution in [1.29, 1.82) is 0 Å². The minimum atomic E-state index is 0. The molecule has 0 radical (unpaired) electrons. The van der Waals surface area contributed by atoms with Crippen LogP contribution in [0.3, 0.4) is 0 Å². The largest absolute Gasteiger partial charge is 0.337 e. The van der Waals surface area contributed by atoms with Gasteiger partial charge in [0, 0.05) is 28.3 Å². The highest BCUT2D eigenvalue weighted by Crippen LogP contribution is 2.14. The summed E-state index contributed by atoms with van der Waals surface area (Å²) < 4.78 is 1.09. The van der Waals surface area contributed by atoms with Gasteiger partial charge in [-0.1, -0.05) is 6.07 Å². The maximum Gasteiger partial charge on any atom is 0.253 e. The van der Waals surface area contributed by atoms with Crippen molar-refractivity contribution in [3.8, 4) is 0 Å². The molecule has 1 fully saturated rings. The van der Waals surface area contributed by atoms with Gasteiger partial charge in [0.25, 0.3) is 5.91 Å². The normalized spacial score (nSPS) is 19.4. The van der Waals surface area contributed by atoms with Crippen molar-refractivity contribution in [2.24, 2.45) is 5.73 Å². The predicted octanol–water partition coefficient (Wildman–Crippen LogP) is 1.89. The van der Waals surface area contributed by atoms with Crippen molar-refractivity contribution in [1.82, 2.24) is 4.90 Å². The zero-order valence-corrected chi connectivity index (χ0v) is 11.7. The Hall–Kier alpha value is -0.330. The lowest BCUT2D eigenvalue weighted by Gasteiger charge is -2.15. The highest BCUT2D eigenvalue weighted by Gasteiger charge is 2.24. The second-order valence-electron chi connectivity index (χ2n) is 3.81. The van der Waals surface area contributed by atoms with E-state index in [1.807, 2.05) is 29.2 Å². The second-order valence-corrected chi connectivity index (χ2v) is 5.06. The van der Waals surface area contributed by atoms with Crippen molar-refractivity contribution < 1.29 is 4.79 Å². The molecule has 16 heavy (non-hydrogen) atoms. The minimum absolute atomic E-state index is 0. The number of benzene rings is 1. The van der Waals surface area contributed by atoms with Gasteiger partial charge in [0.2, 0.25) is 0 Å². The van der Waals surface area contributed by atoms with Gasteiger partial charge >= 0.3 is 0 Å². The number of carbonyl (C=O) groups is 1. The van der Waals surface area contributed by atoms with E-state index in [0.717, 1.165) is 22.1 Å². The lowest BCUT2D eigenvalue weighted by molar-refractivity contribution is 0.0791. The van der Waals surface area contributed by atoms with Gasteiger partial charge in [0.15, 0.2) is 0 Å². The zero-order chi connectivity index (χ0) is 10.8. The third-order valence-corrected chi connectivity index (χ3v) is 3.25. The number of hydrogen-bond acceptors (Lipinski definition) is 2. The topological polar surface area (TPSA) is 46.3 Å². The van der Waals surface area contributed by atoms with Crippen LogP contribution in [0.5, 0.6) is 0 Å². The number of halogens is 2. The van der Waals surface area contributed by atoms with Crippen molar-refractivity contribution in [2.45, 2.75) is 12.5 Å². The van der Waals surface area contributed by atoms with Gasteiger partial charge in [0.1, 0.15) is 0 Å². The molecule has 0 spiro atoms. The molecular formula is C11H14ClIN2O. The summed E-state index contributed by atoms with van der Waals surface area (Å²) in [7, 11) is 0. The Morgan fingerprint density at radius 3 is 2.81 bits per heavy atom. The van der Waals surface area contributed by atoms with Crippen LogP contribution in [0, 0.1) is 3.57 Å². The van der Waals surface area contributed by atoms with Crippen molar-refractivity contribution >= 4 is 40.9 Å². The van der Waals surface area contributed by atoms with Gasteiger partial charge in [0.05, 0.1) is 0 Å². The Kier molecular flexibility index (Phi) is 5.01. The van der Waals surface area contributed by atoms with E-state index in [1.54, 1.807) is 0 Å². The predicted molar refractivity (Wildman–Crippen MR) is 74.9 cm³/mol. The van der Waals surface area contributed by atoms with Crippen LogP contribution in [0.25, 0.3) is 0 Å². The molecule has 1 atom stereocenters. The number of carbonyl (C=O) groups excluding carboxylic acids is 1. The lowest BCUT2D eigenvalue weighted by Crippen LogP contribution is -2.31. The van der Waals surface area contributed by atoms with Crippen LogP contribution in [-0.2, 0) is 0 Å². The third kappa shape index (κ3) is 3.09. The van der Waals surface area contributed by atoms with E-state index in [1.165, 1.54) is 0 Å². The molecule has 0 aliphatic carbocycles. The number of nitrogens with two attached hydrogens (primary N) is 1. The number of hydrogen-bond donors (Lipinski definition) is 1. The van der Waals surface area contributed by atoms with Crippen LogP contribution in [0.2, 0.25) is 0 Å². The fraction of sp³-hybridized carbons (Fsp3) is 0.364. The van der Waals surface area contributed by atoms with E-state index < -0.39 is 0 Å². The molecule has 0 saturated carbocycles. The van der Waals surface area contributed by atoms with Gasteiger partial charge in [-0.05, 0) is 47.2 Å². The summed E-state index contributed by atoms with van der Waals surface area (Å²) >= 11 is 2.21. The fourth-order valence-corrected chi connectivity index (χ4v) is 2.32. The van der Waals surface area contributed by atoms with Crippen LogP contribution in [-0.4, -0.2) is 29.9 Å². The molecule has 1 aliphatic heterocycles. The summed E-state index contributed by atoms with van der Waals surface area (Å²) in [5.41, 5.74) is 6.54. The molecule has 1 aromatic carbocycles. The molecule has 0 unspecified atom stereocenters. The SMILES string of the molecule is Cl.N[C@@H]1CCN(C(=O)c2cccc(I)c2)C1. The number of nitrogens with zero attached hydrogens (tertiary/aromatic N) is 1. The van der Waals surface area contributed by atoms with Gasteiger partial charge in [-0.3, -0.25) is 4.79 Å². The first-order valence-electron chi connectivity index (χ1n) is 4.97. The highest BCUT2D eigenvalue weighted by atomic mass is 127. The summed E-state index contributed by atoms with van der Waals surface area (Å²) in [6.07, 6.45) is 0.912. The third-order valence-electron chi connectivity index (χ3n) is 2.58. The van der Waals surface area contributed by atoms with Gasteiger partial charge in [-0.15, -0.1) is 12.4 Å². The number of likely N-dealkylation sites (tertiary alicyclic amines) is 1. The summed E-state index contributed by atoms with van der Waals surface area (Å²) in [5.74, 6) is 0.0986. The summed E-state index contributed by atoms with van der Waals surface area (Å²) in [4.78, 5) is 13.8. The first kappa shape index (κ1) is 13.7. The molecule has 3 nitrogen and oxygen atoms in total. The van der Waals surface area contributed by atoms with Gasteiger partial charge < -0.3 is 10.6 Å². The maximum atomic E-state index is 12.0. The molecule has 2 rings (SSSR count). The Bertz CT molecular complexity index is 386. The molecule has 2 N–H and O–H groups in total. The molecule has 1 heterocycles. The van der Waals surface area contributed by atoms with Gasteiger partial charge in [-0.25, -0.2) is 0 Å². The molecule has 1 aromatic rings. The van der Waals surface area contributed by atoms with E-state index in [4.69, 9.17) is 5.73 Å². The molecule has 88 valence electrons. The molecular weight excluding hydrogens is 338 g/mol. The Labute approximate surface area is 115 Å². The van der Waals surface area contributed by atoms with Gasteiger partial charge in [-0.2, -0.15) is 0 Å². The van der Waals surface area contributed by atoms with Crippen LogP contribution < -0.4 is 5.73 Å². The Balaban J connectivity index is 0.00000128. The Morgan fingerprint density at radius 1 is 1.50 bits per heavy atom. The molecule has 1 aliphatic rings. The molecule has 5 heteroatoms. The standard InChI is InChI=1S/C11H13IN2O.ClH/c12-9-3-1-2-8(6-9)11(15)14-5-4-10(13)7-14;/h1-3,6,10H,4-5,7,13H2;1H/t10-;/m1./s1. The van der Waals surface area contributed by atoms with Crippen LogP contribution in [0.4, 0.5) is 0 Å². The zero-order valence-electron chi connectivity index (χ0n) is 8.73. The summed E-state index contributed by atoms with van der Waals surface area (Å²) in [5, 5.41) is 0. The summed E-state index contributed by atoms with van der Waals surface area (Å²) in [6.45, 7) is 1.47. The molecule has 1 amide bonds.